The van der Waals surface area contributed by atoms with Crippen molar-refractivity contribution in [3.05, 3.63) is 59.7 Å². The fourth-order valence-electron chi connectivity index (χ4n) is 2.25. The highest BCUT2D eigenvalue weighted by atomic mass is 32.2. The number of anilines is 1. The number of hydrogen-bond acceptors (Lipinski definition) is 5. The van der Waals surface area contributed by atoms with Gasteiger partial charge in [-0.3, -0.25) is 4.79 Å². The van der Waals surface area contributed by atoms with Gasteiger partial charge in [-0.1, -0.05) is 6.07 Å². The topological polar surface area (TPSA) is 72.7 Å². The van der Waals surface area contributed by atoms with Gasteiger partial charge < -0.3 is 5.32 Å². The molecule has 0 spiro atoms. The molecule has 0 bridgehead atoms. The molecule has 0 atom stereocenters. The van der Waals surface area contributed by atoms with Crippen LogP contribution < -0.4 is 5.32 Å². The molecule has 0 aliphatic heterocycles. The first-order chi connectivity index (χ1) is 12.0. The summed E-state index contributed by atoms with van der Waals surface area (Å²) in [5.74, 6) is 0.466. The van der Waals surface area contributed by atoms with Crippen LogP contribution in [0, 0.1) is 19.7 Å². The zero-order valence-electron chi connectivity index (χ0n) is 13.7. The number of carbonyl (C=O) groups excluding carboxylic acids is 1. The lowest BCUT2D eigenvalue weighted by Gasteiger charge is -2.10. The molecule has 0 unspecified atom stereocenters. The summed E-state index contributed by atoms with van der Waals surface area (Å²) in [5.41, 5.74) is 2.47. The lowest BCUT2D eigenvalue weighted by Crippen LogP contribution is -2.14. The van der Waals surface area contributed by atoms with Crippen LogP contribution in [0.3, 0.4) is 0 Å². The first-order valence-corrected chi connectivity index (χ1v) is 8.56. The molecule has 25 heavy (non-hydrogen) atoms. The Balaban J connectivity index is 1.67. The molecule has 0 aliphatic rings. The molecule has 1 amide bonds. The molecule has 1 N–H and O–H groups in total. The standard InChI is InChI=1S/C17H16FN5OS/c1-11-3-6-14(9-16(11)23-12(2)20-21-22-23)19-17(24)10-25-15-7-4-13(18)5-8-15/h3-9H,10H2,1-2H3,(H,19,24). The molecule has 0 saturated carbocycles. The Morgan fingerprint density at radius 1 is 1.20 bits per heavy atom. The summed E-state index contributed by atoms with van der Waals surface area (Å²) in [6, 6.07) is 11.6. The van der Waals surface area contributed by atoms with E-state index in [0.29, 0.717) is 11.5 Å². The summed E-state index contributed by atoms with van der Waals surface area (Å²) in [7, 11) is 0. The minimum absolute atomic E-state index is 0.141. The Bertz CT molecular complexity index is 894. The van der Waals surface area contributed by atoms with Crippen molar-refractivity contribution in [3.63, 3.8) is 0 Å². The van der Waals surface area contributed by atoms with Gasteiger partial charge in [0.1, 0.15) is 5.82 Å². The molecule has 0 radical (unpaired) electrons. The molecular formula is C17H16FN5OS. The van der Waals surface area contributed by atoms with Crippen molar-refractivity contribution in [1.82, 2.24) is 20.2 Å². The van der Waals surface area contributed by atoms with Crippen LogP contribution in [0.1, 0.15) is 11.4 Å². The third-order valence-corrected chi connectivity index (χ3v) is 4.54. The number of carbonyl (C=O) groups is 1. The molecule has 8 heteroatoms. The molecule has 128 valence electrons. The molecule has 1 aromatic heterocycles. The van der Waals surface area contributed by atoms with Gasteiger partial charge in [0.05, 0.1) is 11.4 Å². The van der Waals surface area contributed by atoms with E-state index in [1.807, 2.05) is 32.0 Å². The van der Waals surface area contributed by atoms with Crippen molar-refractivity contribution in [3.8, 4) is 5.69 Å². The maximum absolute atomic E-state index is 12.9. The number of amides is 1. The Morgan fingerprint density at radius 2 is 1.96 bits per heavy atom. The van der Waals surface area contributed by atoms with E-state index in [1.165, 1.54) is 23.9 Å². The van der Waals surface area contributed by atoms with E-state index >= 15 is 0 Å². The van der Waals surface area contributed by atoms with Gasteiger partial charge in [0.15, 0.2) is 5.82 Å². The van der Waals surface area contributed by atoms with Crippen LogP contribution in [0.5, 0.6) is 0 Å². The Labute approximate surface area is 148 Å². The summed E-state index contributed by atoms with van der Waals surface area (Å²) in [6.07, 6.45) is 0. The van der Waals surface area contributed by atoms with Gasteiger partial charge in [-0.05, 0) is 66.2 Å². The summed E-state index contributed by atoms with van der Waals surface area (Å²) < 4.78 is 14.5. The highest BCUT2D eigenvalue weighted by molar-refractivity contribution is 8.00. The van der Waals surface area contributed by atoms with Gasteiger partial charge in [0.25, 0.3) is 0 Å². The normalized spacial score (nSPS) is 10.7. The molecule has 0 aliphatic carbocycles. The predicted octanol–water partition coefficient (Wildman–Crippen LogP) is 3.15. The van der Waals surface area contributed by atoms with E-state index in [0.717, 1.165) is 16.1 Å². The number of benzene rings is 2. The minimum Gasteiger partial charge on any atom is -0.325 e. The van der Waals surface area contributed by atoms with Crippen molar-refractivity contribution < 1.29 is 9.18 Å². The maximum atomic E-state index is 12.9. The van der Waals surface area contributed by atoms with Gasteiger partial charge in [-0.2, -0.15) is 4.68 Å². The summed E-state index contributed by atoms with van der Waals surface area (Å²) in [6.45, 7) is 3.76. The van der Waals surface area contributed by atoms with E-state index < -0.39 is 0 Å². The number of aromatic nitrogens is 4. The van der Waals surface area contributed by atoms with Crippen LogP contribution in [-0.4, -0.2) is 31.9 Å². The quantitative estimate of drug-likeness (QED) is 0.710. The van der Waals surface area contributed by atoms with Gasteiger partial charge in [-0.25, -0.2) is 4.39 Å². The van der Waals surface area contributed by atoms with Gasteiger partial charge in [0, 0.05) is 10.6 Å². The third kappa shape index (κ3) is 4.21. The maximum Gasteiger partial charge on any atom is 0.234 e. The molecule has 1 heterocycles. The zero-order chi connectivity index (χ0) is 17.8. The van der Waals surface area contributed by atoms with Crippen LogP contribution in [0.15, 0.2) is 47.4 Å². The number of aryl methyl sites for hydroxylation is 2. The first kappa shape index (κ1) is 17.1. The van der Waals surface area contributed by atoms with E-state index in [-0.39, 0.29) is 17.5 Å². The number of tetrazole rings is 1. The van der Waals surface area contributed by atoms with Crippen molar-refractivity contribution in [2.75, 3.05) is 11.1 Å². The fourth-order valence-corrected chi connectivity index (χ4v) is 2.94. The molecule has 3 rings (SSSR count). The number of nitrogens with zero attached hydrogens (tertiary/aromatic N) is 4. The Hall–Kier alpha value is -2.74. The predicted molar refractivity (Wildman–Crippen MR) is 94.4 cm³/mol. The lowest BCUT2D eigenvalue weighted by molar-refractivity contribution is -0.113. The van der Waals surface area contributed by atoms with Gasteiger partial charge >= 0.3 is 0 Å². The van der Waals surface area contributed by atoms with E-state index in [4.69, 9.17) is 0 Å². The molecular weight excluding hydrogens is 341 g/mol. The number of nitrogens with one attached hydrogen (secondary N) is 1. The first-order valence-electron chi connectivity index (χ1n) is 7.57. The largest absolute Gasteiger partial charge is 0.325 e. The average Bonchev–Trinajstić information content (AvgIpc) is 3.02. The second-order valence-electron chi connectivity index (χ2n) is 5.43. The van der Waals surface area contributed by atoms with Crippen LogP contribution in [0.25, 0.3) is 5.69 Å². The average molecular weight is 357 g/mol. The van der Waals surface area contributed by atoms with E-state index in [9.17, 15) is 9.18 Å². The second-order valence-corrected chi connectivity index (χ2v) is 6.48. The highest BCUT2D eigenvalue weighted by Crippen LogP contribution is 2.21. The molecule has 2 aromatic carbocycles. The lowest BCUT2D eigenvalue weighted by atomic mass is 10.2. The van der Waals surface area contributed by atoms with Crippen LogP contribution in [0.2, 0.25) is 0 Å². The summed E-state index contributed by atoms with van der Waals surface area (Å²) in [5, 5.41) is 14.3. The van der Waals surface area contributed by atoms with Crippen LogP contribution >= 0.6 is 11.8 Å². The SMILES string of the molecule is Cc1ccc(NC(=O)CSc2ccc(F)cc2)cc1-n1nnnc1C. The van der Waals surface area contributed by atoms with E-state index in [1.54, 1.807) is 16.8 Å². The smallest absolute Gasteiger partial charge is 0.234 e. The molecule has 6 nitrogen and oxygen atoms in total. The van der Waals surface area contributed by atoms with Crippen molar-refractivity contribution in [2.24, 2.45) is 0 Å². The minimum atomic E-state index is -0.293. The molecule has 0 fully saturated rings. The number of rotatable bonds is 5. The zero-order valence-corrected chi connectivity index (χ0v) is 14.5. The molecule has 3 aromatic rings. The van der Waals surface area contributed by atoms with Gasteiger partial charge in [-0.15, -0.1) is 16.9 Å². The Morgan fingerprint density at radius 3 is 2.64 bits per heavy atom. The highest BCUT2D eigenvalue weighted by Gasteiger charge is 2.10. The summed E-state index contributed by atoms with van der Waals surface area (Å²) in [4.78, 5) is 13.0. The summed E-state index contributed by atoms with van der Waals surface area (Å²) >= 11 is 1.35. The number of hydrogen-bond donors (Lipinski definition) is 1. The Kier molecular flexibility index (Phi) is 5.08. The number of halogens is 1. The van der Waals surface area contributed by atoms with Gasteiger partial charge in [0.2, 0.25) is 5.91 Å². The van der Waals surface area contributed by atoms with E-state index in [2.05, 4.69) is 20.8 Å². The molecule has 0 saturated heterocycles. The third-order valence-electron chi connectivity index (χ3n) is 3.53. The number of thioether (sulfide) groups is 1. The van der Waals surface area contributed by atoms with Crippen molar-refractivity contribution >= 4 is 23.4 Å². The monoisotopic (exact) mass is 357 g/mol. The van der Waals surface area contributed by atoms with Crippen molar-refractivity contribution in [1.29, 1.82) is 0 Å². The second kappa shape index (κ2) is 7.43. The van der Waals surface area contributed by atoms with Crippen LogP contribution in [0.4, 0.5) is 10.1 Å². The van der Waals surface area contributed by atoms with Crippen LogP contribution in [-0.2, 0) is 4.79 Å². The fraction of sp³-hybridized carbons (Fsp3) is 0.176. The van der Waals surface area contributed by atoms with Crippen molar-refractivity contribution in [2.45, 2.75) is 18.7 Å².